The van der Waals surface area contributed by atoms with Crippen molar-refractivity contribution in [2.24, 2.45) is 17.6 Å². The van der Waals surface area contributed by atoms with Gasteiger partial charge in [-0.05, 0) is 31.1 Å². The highest BCUT2D eigenvalue weighted by molar-refractivity contribution is 5.42. The molecule has 2 rings (SSSR count). The molecule has 2 N–H and O–H groups in total. The number of primary amides is 1. The third kappa shape index (κ3) is 1.59. The fourth-order valence-corrected chi connectivity index (χ4v) is 1.72. The summed E-state index contributed by atoms with van der Waals surface area (Å²) in [7, 11) is 0. The topological polar surface area (TPSA) is 43.1 Å². The minimum Gasteiger partial charge on any atom is -0.372 e. The molecule has 0 aromatic rings. The Hall–Kier alpha value is -0.790. The molecule has 1 fully saturated rings. The Bertz CT molecular complexity index is 130. The number of rotatable bonds is 0. The van der Waals surface area contributed by atoms with Crippen LogP contribution in [0.5, 0.6) is 0 Å². The first-order chi connectivity index (χ1) is 4.86. The lowest BCUT2D eigenvalue weighted by molar-refractivity contribution is -0.106. The quantitative estimate of drug-likeness (QED) is 0.396. The molecule has 2 atom stereocenters. The summed E-state index contributed by atoms with van der Waals surface area (Å²) in [5.74, 6) is 1.98. The monoisotopic (exact) mass is 139 g/mol. The van der Waals surface area contributed by atoms with Gasteiger partial charge in [-0.2, -0.15) is 0 Å². The van der Waals surface area contributed by atoms with E-state index in [0.29, 0.717) is 0 Å². The maximum Gasteiger partial charge on any atom is 0.204 e. The van der Waals surface area contributed by atoms with Gasteiger partial charge in [-0.25, -0.2) is 0 Å². The van der Waals surface area contributed by atoms with Crippen molar-refractivity contribution in [2.75, 3.05) is 0 Å². The number of nitrogens with two attached hydrogens (primary N) is 1. The van der Waals surface area contributed by atoms with Gasteiger partial charge in [-0.15, -0.1) is 0 Å². The lowest BCUT2D eigenvalue weighted by atomic mass is 10.1. The van der Waals surface area contributed by atoms with Crippen molar-refractivity contribution >= 4 is 6.41 Å². The fraction of sp³-hybridized carbons (Fsp3) is 0.625. The smallest absolute Gasteiger partial charge is 0.204 e. The second-order valence-corrected chi connectivity index (χ2v) is 2.85. The van der Waals surface area contributed by atoms with Crippen LogP contribution in [-0.2, 0) is 4.79 Å². The first-order valence-corrected chi connectivity index (χ1v) is 3.70. The van der Waals surface area contributed by atoms with E-state index < -0.39 is 0 Å². The average molecular weight is 139 g/mol. The summed E-state index contributed by atoms with van der Waals surface area (Å²) >= 11 is 0. The number of fused-ring (bicyclic) bond motifs is 2. The maximum atomic E-state index is 8.58. The van der Waals surface area contributed by atoms with Crippen molar-refractivity contribution < 1.29 is 4.79 Å². The fourth-order valence-electron chi connectivity index (χ4n) is 1.72. The van der Waals surface area contributed by atoms with Gasteiger partial charge in [0.25, 0.3) is 0 Å². The predicted molar refractivity (Wildman–Crippen MR) is 40.2 cm³/mol. The molecule has 2 bridgehead atoms. The molecule has 2 nitrogen and oxygen atoms in total. The van der Waals surface area contributed by atoms with Crippen molar-refractivity contribution in [2.45, 2.75) is 19.3 Å². The number of allylic oxidation sites excluding steroid dienone is 2. The molecule has 1 saturated carbocycles. The van der Waals surface area contributed by atoms with Crippen LogP contribution in [0.3, 0.4) is 0 Å². The van der Waals surface area contributed by atoms with E-state index in [9.17, 15) is 0 Å². The first kappa shape index (κ1) is 7.32. The van der Waals surface area contributed by atoms with Gasteiger partial charge >= 0.3 is 0 Å². The molecule has 0 heterocycles. The number of hydrogen-bond donors (Lipinski definition) is 1. The maximum absolute atomic E-state index is 8.58. The van der Waals surface area contributed by atoms with Gasteiger partial charge in [-0.3, -0.25) is 4.79 Å². The van der Waals surface area contributed by atoms with Gasteiger partial charge in [0, 0.05) is 0 Å². The van der Waals surface area contributed by atoms with E-state index in [1.165, 1.54) is 19.3 Å². The van der Waals surface area contributed by atoms with Crippen LogP contribution in [0.4, 0.5) is 0 Å². The molecule has 10 heavy (non-hydrogen) atoms. The number of carbonyl (C=O) groups excluding carboxylic acids is 1. The largest absolute Gasteiger partial charge is 0.372 e. The third-order valence-electron chi connectivity index (χ3n) is 2.17. The van der Waals surface area contributed by atoms with E-state index in [2.05, 4.69) is 17.9 Å². The van der Waals surface area contributed by atoms with E-state index >= 15 is 0 Å². The van der Waals surface area contributed by atoms with Gasteiger partial charge in [0.1, 0.15) is 0 Å². The van der Waals surface area contributed by atoms with Crippen LogP contribution in [0.1, 0.15) is 19.3 Å². The van der Waals surface area contributed by atoms with Crippen molar-refractivity contribution in [1.82, 2.24) is 0 Å². The lowest BCUT2D eigenvalue weighted by Gasteiger charge is -1.96. The Labute approximate surface area is 61.1 Å². The van der Waals surface area contributed by atoms with E-state index in [-0.39, 0.29) is 6.41 Å². The summed E-state index contributed by atoms with van der Waals surface area (Å²) in [4.78, 5) is 8.58. The summed E-state index contributed by atoms with van der Waals surface area (Å²) in [6.07, 6.45) is 9.44. The average Bonchev–Trinajstić information content (AvgIpc) is 2.49. The summed E-state index contributed by atoms with van der Waals surface area (Å²) in [6, 6.07) is 0. The molecule has 0 radical (unpaired) electrons. The molecule has 1 amide bonds. The Morgan fingerprint density at radius 2 is 1.70 bits per heavy atom. The molecule has 56 valence electrons. The predicted octanol–water partition coefficient (Wildman–Crippen LogP) is 1.07. The van der Waals surface area contributed by atoms with Crippen molar-refractivity contribution in [3.8, 4) is 0 Å². The number of amides is 1. The van der Waals surface area contributed by atoms with Gasteiger partial charge < -0.3 is 5.73 Å². The van der Waals surface area contributed by atoms with Gasteiger partial charge in [0.05, 0.1) is 0 Å². The van der Waals surface area contributed by atoms with E-state index in [4.69, 9.17) is 4.79 Å². The summed E-state index contributed by atoms with van der Waals surface area (Å²) in [5, 5.41) is 0. The molecule has 2 aliphatic carbocycles. The van der Waals surface area contributed by atoms with Crippen LogP contribution < -0.4 is 5.73 Å². The van der Waals surface area contributed by atoms with Crippen LogP contribution >= 0.6 is 0 Å². The Kier molecular flexibility index (Phi) is 2.49. The van der Waals surface area contributed by atoms with E-state index in [1.54, 1.807) is 0 Å². The van der Waals surface area contributed by atoms with Crippen LogP contribution in [0.25, 0.3) is 0 Å². The van der Waals surface area contributed by atoms with Gasteiger partial charge in [0.15, 0.2) is 0 Å². The minimum absolute atomic E-state index is 0.250. The number of hydrogen-bond acceptors (Lipinski definition) is 1. The number of carbonyl (C=O) groups is 1. The first-order valence-electron chi connectivity index (χ1n) is 3.70. The second-order valence-electron chi connectivity index (χ2n) is 2.85. The lowest BCUT2D eigenvalue weighted by Crippen LogP contribution is -1.82. The SMILES string of the molecule is C1=CC2CCC1C2.NC=O. The molecule has 0 aliphatic heterocycles. The molecule has 2 aliphatic rings. The molecular weight excluding hydrogens is 126 g/mol. The molecule has 0 spiro atoms. The second kappa shape index (κ2) is 3.40. The highest BCUT2D eigenvalue weighted by atomic mass is 16.1. The standard InChI is InChI=1S/C7H10.CH3NO/c1-2-7-4-3-6(1)5-7;2-1-3/h1-2,6-7H,3-5H2;1H,(H2,2,3). The molecule has 0 aromatic carbocycles. The van der Waals surface area contributed by atoms with E-state index in [1.807, 2.05) is 0 Å². The minimum atomic E-state index is 0.250. The summed E-state index contributed by atoms with van der Waals surface area (Å²) in [5.41, 5.74) is 4.17. The zero-order valence-electron chi connectivity index (χ0n) is 5.99. The van der Waals surface area contributed by atoms with Crippen LogP contribution in [0, 0.1) is 11.8 Å². The molecule has 0 aromatic heterocycles. The highest BCUT2D eigenvalue weighted by Crippen LogP contribution is 2.38. The van der Waals surface area contributed by atoms with Crippen molar-refractivity contribution in [3.63, 3.8) is 0 Å². The molecular formula is C8H13NO. The van der Waals surface area contributed by atoms with Crippen molar-refractivity contribution in [1.29, 1.82) is 0 Å². The van der Waals surface area contributed by atoms with E-state index in [0.717, 1.165) is 11.8 Å². The van der Waals surface area contributed by atoms with Crippen LogP contribution in [-0.4, -0.2) is 6.41 Å². The molecule has 0 saturated heterocycles. The zero-order chi connectivity index (χ0) is 7.40. The Balaban J connectivity index is 0.000000148. The molecule has 2 unspecified atom stereocenters. The third-order valence-corrected chi connectivity index (χ3v) is 2.17. The normalized spacial score (nSPS) is 33.2. The zero-order valence-corrected chi connectivity index (χ0v) is 5.99. The highest BCUT2D eigenvalue weighted by Gasteiger charge is 2.25. The van der Waals surface area contributed by atoms with Crippen LogP contribution in [0.15, 0.2) is 12.2 Å². The summed E-state index contributed by atoms with van der Waals surface area (Å²) in [6.45, 7) is 0. The summed E-state index contributed by atoms with van der Waals surface area (Å²) < 4.78 is 0. The Morgan fingerprint density at radius 3 is 1.80 bits per heavy atom. The van der Waals surface area contributed by atoms with Gasteiger partial charge in [0.2, 0.25) is 6.41 Å². The van der Waals surface area contributed by atoms with Crippen LogP contribution in [0.2, 0.25) is 0 Å². The Morgan fingerprint density at radius 1 is 1.30 bits per heavy atom. The molecule has 2 heteroatoms. The van der Waals surface area contributed by atoms with Gasteiger partial charge in [-0.1, -0.05) is 12.2 Å². The van der Waals surface area contributed by atoms with Crippen molar-refractivity contribution in [3.05, 3.63) is 12.2 Å².